The van der Waals surface area contributed by atoms with Crippen molar-refractivity contribution in [2.45, 2.75) is 32.9 Å². The minimum Gasteiger partial charge on any atom is -0.489 e. The Labute approximate surface area is 263 Å². The highest BCUT2D eigenvalue weighted by atomic mass is 127. The van der Waals surface area contributed by atoms with Crippen molar-refractivity contribution in [1.29, 1.82) is 0 Å². The number of fused-ring (bicyclic) bond motifs is 1. The number of halogens is 2. The fraction of sp³-hybridized carbons (Fsp3) is 0.194. The highest BCUT2D eigenvalue weighted by molar-refractivity contribution is 14.1. The molecule has 5 rings (SSSR count). The van der Waals surface area contributed by atoms with Crippen LogP contribution >= 0.6 is 56.5 Å². The molecule has 0 saturated heterocycles. The summed E-state index contributed by atoms with van der Waals surface area (Å²) in [5, 5.41) is 0. The number of carbonyl (C=O) groups is 1. The summed E-state index contributed by atoms with van der Waals surface area (Å²) in [7, 11) is 0. The molecule has 1 aliphatic heterocycles. The van der Waals surface area contributed by atoms with Crippen LogP contribution in [0.5, 0.6) is 5.75 Å². The first-order valence-electron chi connectivity index (χ1n) is 12.8. The number of benzene rings is 3. The molecule has 0 aliphatic carbocycles. The van der Waals surface area contributed by atoms with Crippen LogP contribution in [-0.2, 0) is 9.53 Å². The van der Waals surface area contributed by atoms with Crippen molar-refractivity contribution >= 4 is 74.3 Å². The van der Waals surface area contributed by atoms with Crippen molar-refractivity contribution in [1.82, 2.24) is 4.57 Å². The van der Waals surface area contributed by atoms with E-state index in [0.717, 1.165) is 29.6 Å². The van der Waals surface area contributed by atoms with Crippen molar-refractivity contribution in [2.75, 3.05) is 6.61 Å². The first-order valence-corrected chi connectivity index (χ1v) is 15.7. The first-order chi connectivity index (χ1) is 19.3. The average Bonchev–Trinajstić information content (AvgIpc) is 3.25. The molecule has 40 heavy (non-hydrogen) atoms. The van der Waals surface area contributed by atoms with Crippen molar-refractivity contribution in [3.8, 4) is 5.75 Å². The molecule has 1 aromatic heterocycles. The van der Waals surface area contributed by atoms with Gasteiger partial charge in [0.15, 0.2) is 4.80 Å². The second kappa shape index (κ2) is 12.4. The lowest BCUT2D eigenvalue weighted by Gasteiger charge is -2.25. The highest BCUT2D eigenvalue weighted by Gasteiger charge is 2.35. The maximum Gasteiger partial charge on any atom is 0.338 e. The topological polar surface area (TPSA) is 69.9 Å². The molecule has 0 N–H and O–H groups in total. The number of esters is 1. The van der Waals surface area contributed by atoms with Gasteiger partial charge < -0.3 is 9.47 Å². The Morgan fingerprint density at radius 3 is 2.27 bits per heavy atom. The van der Waals surface area contributed by atoms with Gasteiger partial charge in [0, 0.05) is 5.56 Å². The minimum atomic E-state index is -0.684. The van der Waals surface area contributed by atoms with Crippen molar-refractivity contribution in [2.24, 2.45) is 4.99 Å². The van der Waals surface area contributed by atoms with Crippen LogP contribution in [0.3, 0.4) is 0 Å². The lowest BCUT2D eigenvalue weighted by molar-refractivity contribution is -0.138. The number of thiazole rings is 1. The smallest absolute Gasteiger partial charge is 0.338 e. The molecule has 6 nitrogen and oxygen atoms in total. The van der Waals surface area contributed by atoms with Gasteiger partial charge in [0.05, 0.1) is 41.7 Å². The molecule has 0 bridgehead atoms. The van der Waals surface area contributed by atoms with Crippen LogP contribution in [0, 0.1) is 7.14 Å². The molecule has 1 aliphatic rings. The molecule has 0 radical (unpaired) electrons. The second-order valence-electron chi connectivity index (χ2n) is 9.32. The monoisotopic (exact) mass is 776 g/mol. The summed E-state index contributed by atoms with van der Waals surface area (Å²) in [4.78, 5) is 33.0. The number of rotatable bonds is 7. The molecule has 0 amide bonds. The van der Waals surface area contributed by atoms with Crippen molar-refractivity contribution in [3.05, 3.63) is 122 Å². The average molecular weight is 776 g/mol. The SMILES string of the molecule is CCOC(=O)C1=C(c2ccccc2)N=c2s/c(=C\c3cc(I)c(OC(C)C)c(I)c3)c(=O)n2[C@@H]1c1ccccc1. The molecule has 2 heterocycles. The zero-order valence-corrected chi connectivity index (χ0v) is 27.2. The van der Waals surface area contributed by atoms with Gasteiger partial charge in [0.1, 0.15) is 5.75 Å². The third kappa shape index (κ3) is 5.82. The number of hydrogen-bond donors (Lipinski definition) is 0. The predicted molar refractivity (Wildman–Crippen MR) is 175 cm³/mol. The Morgan fingerprint density at radius 2 is 1.68 bits per heavy atom. The van der Waals surface area contributed by atoms with Gasteiger partial charge in [0.2, 0.25) is 0 Å². The fourth-order valence-corrected chi connectivity index (χ4v) is 7.63. The van der Waals surface area contributed by atoms with Crippen LogP contribution in [-0.4, -0.2) is 23.2 Å². The molecule has 9 heteroatoms. The Balaban J connectivity index is 1.76. The van der Waals surface area contributed by atoms with Crippen LogP contribution in [0.2, 0.25) is 0 Å². The van der Waals surface area contributed by atoms with Gasteiger partial charge in [-0.25, -0.2) is 9.79 Å². The van der Waals surface area contributed by atoms with Crippen molar-refractivity contribution < 1.29 is 14.3 Å². The van der Waals surface area contributed by atoms with E-state index >= 15 is 0 Å². The highest BCUT2D eigenvalue weighted by Crippen LogP contribution is 2.35. The van der Waals surface area contributed by atoms with Crippen LogP contribution in [0.4, 0.5) is 0 Å². The third-order valence-corrected chi connectivity index (χ3v) is 8.75. The number of nitrogens with zero attached hydrogens (tertiary/aromatic N) is 2. The summed E-state index contributed by atoms with van der Waals surface area (Å²) in [5.74, 6) is 0.351. The van der Waals surface area contributed by atoms with E-state index < -0.39 is 12.0 Å². The fourth-order valence-electron chi connectivity index (χ4n) is 4.55. The number of aromatic nitrogens is 1. The minimum absolute atomic E-state index is 0.0574. The van der Waals surface area contributed by atoms with E-state index in [9.17, 15) is 9.59 Å². The van der Waals surface area contributed by atoms with Gasteiger partial charge in [0.25, 0.3) is 5.56 Å². The van der Waals surface area contributed by atoms with Crippen molar-refractivity contribution in [3.63, 3.8) is 0 Å². The molecule has 0 unspecified atom stereocenters. The standard InChI is InChI=1S/C31H26I2N2O4S/c1-4-38-30(37)25-26(20-11-7-5-8-12-20)34-31-35(27(25)21-13-9-6-10-14-21)29(36)24(40-31)17-19-15-22(32)28(23(33)16-19)39-18(2)3/h5-18,27H,4H2,1-3H3/b24-17-/t27-/m1/s1. The predicted octanol–water partition coefficient (Wildman–Crippen LogP) is 5.93. The molecule has 1 atom stereocenters. The quantitative estimate of drug-likeness (QED) is 0.173. The summed E-state index contributed by atoms with van der Waals surface area (Å²) in [6, 6.07) is 22.5. The van der Waals surface area contributed by atoms with E-state index in [0.29, 0.717) is 20.6 Å². The Hall–Kier alpha value is -2.77. The molecule has 204 valence electrons. The molecular weight excluding hydrogens is 750 g/mol. The molecule has 0 saturated carbocycles. The zero-order valence-electron chi connectivity index (χ0n) is 22.1. The lowest BCUT2D eigenvalue weighted by Crippen LogP contribution is -2.40. The van der Waals surface area contributed by atoms with Gasteiger partial charge in [-0.2, -0.15) is 0 Å². The summed E-state index contributed by atoms with van der Waals surface area (Å²) in [6.45, 7) is 5.98. The molecule has 3 aromatic carbocycles. The van der Waals surface area contributed by atoms with Crippen LogP contribution < -0.4 is 19.6 Å². The maximum absolute atomic E-state index is 14.0. The van der Waals surface area contributed by atoms with Gasteiger partial charge >= 0.3 is 5.97 Å². The summed E-state index contributed by atoms with van der Waals surface area (Å²) in [5.41, 5.74) is 3.13. The molecular formula is C31H26I2N2O4S. The van der Waals surface area contributed by atoms with E-state index in [1.165, 1.54) is 11.3 Å². The summed E-state index contributed by atoms with van der Waals surface area (Å²) < 4.78 is 15.6. The summed E-state index contributed by atoms with van der Waals surface area (Å²) >= 11 is 5.84. The largest absolute Gasteiger partial charge is 0.489 e. The number of ether oxygens (including phenoxy) is 2. The zero-order chi connectivity index (χ0) is 28.4. The van der Waals surface area contributed by atoms with Crippen LogP contribution in [0.1, 0.15) is 43.5 Å². The molecule has 4 aromatic rings. The molecule has 0 fully saturated rings. The van der Waals surface area contributed by atoms with Crippen LogP contribution in [0.15, 0.2) is 88.2 Å². The van der Waals surface area contributed by atoms with Crippen LogP contribution in [0.25, 0.3) is 11.8 Å². The van der Waals surface area contributed by atoms with E-state index in [-0.39, 0.29) is 18.3 Å². The van der Waals surface area contributed by atoms with Gasteiger partial charge in [-0.1, -0.05) is 72.0 Å². The van der Waals surface area contributed by atoms with E-state index in [1.54, 1.807) is 11.5 Å². The maximum atomic E-state index is 14.0. The van der Waals surface area contributed by atoms with E-state index in [4.69, 9.17) is 14.5 Å². The Kier molecular flexibility index (Phi) is 8.91. The Bertz CT molecular complexity index is 1750. The third-order valence-electron chi connectivity index (χ3n) is 6.16. The second-order valence-corrected chi connectivity index (χ2v) is 12.7. The first kappa shape index (κ1) is 28.7. The van der Waals surface area contributed by atoms with Gasteiger partial charge in [-0.05, 0) is 95.3 Å². The normalized spacial score (nSPS) is 15.2. The van der Waals surface area contributed by atoms with Gasteiger partial charge in [-0.3, -0.25) is 9.36 Å². The van der Waals surface area contributed by atoms with E-state index in [2.05, 4.69) is 45.2 Å². The number of carbonyl (C=O) groups excluding carboxylic acids is 1. The molecule has 0 spiro atoms. The lowest BCUT2D eigenvalue weighted by atomic mass is 9.93. The van der Waals surface area contributed by atoms with Gasteiger partial charge in [-0.15, -0.1) is 0 Å². The Morgan fingerprint density at radius 1 is 1.05 bits per heavy atom. The van der Waals surface area contributed by atoms with E-state index in [1.807, 2.05) is 92.7 Å². The summed E-state index contributed by atoms with van der Waals surface area (Å²) in [6.07, 6.45) is 1.94. The number of hydrogen-bond acceptors (Lipinski definition) is 6.